The van der Waals surface area contributed by atoms with Gasteiger partial charge in [-0.1, -0.05) is 97.1 Å². The number of hydrogen-bond acceptors (Lipinski definition) is 2. The van der Waals surface area contributed by atoms with E-state index in [9.17, 15) is 0 Å². The summed E-state index contributed by atoms with van der Waals surface area (Å²) in [5, 5.41) is 8.17. The summed E-state index contributed by atoms with van der Waals surface area (Å²) in [7, 11) is 0. The maximum Gasteiger partial charge on any atom is 0.0542 e. The van der Waals surface area contributed by atoms with Crippen molar-refractivity contribution in [2.24, 2.45) is 0 Å². The van der Waals surface area contributed by atoms with E-state index in [1.165, 1.54) is 73.4 Å². The van der Waals surface area contributed by atoms with Crippen LogP contribution in [-0.2, 0) is 25.7 Å². The van der Waals surface area contributed by atoms with Gasteiger partial charge in [-0.15, -0.1) is 22.7 Å². The lowest BCUT2D eigenvalue weighted by Gasteiger charge is -2.05. The fourth-order valence-corrected chi connectivity index (χ4v) is 8.72. The lowest BCUT2D eigenvalue weighted by Crippen LogP contribution is -1.91. The lowest BCUT2D eigenvalue weighted by atomic mass is 10.00. The van der Waals surface area contributed by atoms with Crippen molar-refractivity contribution >= 4 is 73.8 Å². The molecule has 0 saturated carbocycles. The molecule has 0 amide bonds. The number of fused-ring (bicyclic) bond motifs is 7. The monoisotopic (exact) mass is 548 g/mol. The predicted molar refractivity (Wildman–Crippen MR) is 177 cm³/mol. The summed E-state index contributed by atoms with van der Waals surface area (Å²) in [5.41, 5.74) is 5.63. The molecule has 0 nitrogen and oxygen atoms in total. The molecule has 8 aromatic rings. The Morgan fingerprint density at radius 3 is 1.23 bits per heavy atom. The Hall–Kier alpha value is -3.98. The molecule has 0 radical (unpaired) electrons. The van der Waals surface area contributed by atoms with Gasteiger partial charge in [-0.25, -0.2) is 0 Å². The summed E-state index contributed by atoms with van der Waals surface area (Å²) in [4.78, 5) is 0. The van der Waals surface area contributed by atoms with Gasteiger partial charge in [0.2, 0.25) is 0 Å². The van der Waals surface area contributed by atoms with Crippen LogP contribution >= 0.6 is 22.7 Å². The van der Waals surface area contributed by atoms with Crippen molar-refractivity contribution in [2.75, 3.05) is 0 Å². The highest BCUT2D eigenvalue weighted by Crippen LogP contribution is 2.46. The Kier molecular flexibility index (Phi) is 5.90. The van der Waals surface area contributed by atoms with Crippen LogP contribution in [0, 0.1) is 0 Å². The molecule has 2 heteroatoms. The van der Waals surface area contributed by atoms with Crippen LogP contribution in [-0.4, -0.2) is 0 Å². The van der Waals surface area contributed by atoms with Gasteiger partial charge in [-0.05, 0) is 93.7 Å². The number of benzene rings is 6. The number of rotatable bonds is 6. The van der Waals surface area contributed by atoms with Gasteiger partial charge >= 0.3 is 0 Å². The highest BCUT2D eigenvalue weighted by Gasteiger charge is 2.14. The quantitative estimate of drug-likeness (QED) is 0.194. The van der Waals surface area contributed by atoms with E-state index in [0.717, 1.165) is 25.7 Å². The minimum Gasteiger partial charge on any atom is -0.134 e. The third-order valence-corrected chi connectivity index (χ3v) is 10.7. The van der Waals surface area contributed by atoms with Crippen molar-refractivity contribution in [2.45, 2.75) is 25.7 Å². The number of thiophene rings is 2. The average molecular weight is 549 g/mol. The summed E-state index contributed by atoms with van der Waals surface area (Å²) in [5.74, 6) is 0. The summed E-state index contributed by atoms with van der Waals surface area (Å²) in [6, 6.07) is 45.3. The molecule has 192 valence electrons. The summed E-state index contributed by atoms with van der Waals surface area (Å²) < 4.78 is 5.66. The first-order chi connectivity index (χ1) is 19.8. The molecule has 2 aromatic heterocycles. The van der Waals surface area contributed by atoms with Crippen molar-refractivity contribution in [1.29, 1.82) is 0 Å². The largest absolute Gasteiger partial charge is 0.134 e. The Morgan fingerprint density at radius 1 is 0.350 bits per heavy atom. The maximum atomic E-state index is 2.42. The zero-order chi connectivity index (χ0) is 26.5. The smallest absolute Gasteiger partial charge is 0.0542 e. The predicted octanol–water partition coefficient (Wildman–Crippen LogP) is 11.1. The lowest BCUT2D eigenvalue weighted by molar-refractivity contribution is 0.962. The fraction of sp³-hybridized carbons (Fsp3) is 0.105. The van der Waals surface area contributed by atoms with Crippen LogP contribution in [0.4, 0.5) is 0 Å². The van der Waals surface area contributed by atoms with Crippen LogP contribution < -0.4 is 0 Å². The molecular weight excluding hydrogens is 521 g/mol. The van der Waals surface area contributed by atoms with Gasteiger partial charge in [0.05, 0.1) is 9.40 Å². The molecular formula is C38H28S2. The average Bonchev–Trinajstić information content (AvgIpc) is 3.52. The third kappa shape index (κ3) is 4.38. The number of aryl methyl sites for hydroxylation is 4. The molecule has 0 aliphatic carbocycles. The van der Waals surface area contributed by atoms with Crippen LogP contribution in [0.2, 0.25) is 0 Å². The molecule has 0 unspecified atom stereocenters. The molecule has 0 atom stereocenters. The Labute approximate surface area is 242 Å². The topological polar surface area (TPSA) is 0 Å². The van der Waals surface area contributed by atoms with E-state index in [0.29, 0.717) is 0 Å². The Bertz CT molecular complexity index is 1990. The first-order valence-electron chi connectivity index (χ1n) is 14.1. The van der Waals surface area contributed by atoms with E-state index in [1.54, 1.807) is 0 Å². The van der Waals surface area contributed by atoms with Crippen LogP contribution in [0.15, 0.2) is 121 Å². The van der Waals surface area contributed by atoms with Gasteiger partial charge in [0.25, 0.3) is 0 Å². The molecule has 0 spiro atoms. The van der Waals surface area contributed by atoms with E-state index in [4.69, 9.17) is 0 Å². The standard InChI is InChI=1S/C38H28S2/c1-3-7-25(8-4-1)11-13-27-15-17-29-21-33-35(23-31(29)19-27)39-38-34-22-30-18-16-28(14-12-26-9-5-2-6-10-26)20-32(30)24-36(34)40-37(33)38/h1-10,15-24H,11-14H2. The summed E-state index contributed by atoms with van der Waals surface area (Å²) >= 11 is 3.91. The molecule has 0 fully saturated rings. The fourth-order valence-electron chi connectivity index (χ4n) is 6.02. The molecule has 0 aliphatic rings. The maximum absolute atomic E-state index is 2.42. The molecule has 0 saturated heterocycles. The van der Waals surface area contributed by atoms with Gasteiger partial charge in [0, 0.05) is 20.2 Å². The van der Waals surface area contributed by atoms with E-state index < -0.39 is 0 Å². The minimum absolute atomic E-state index is 1.07. The second-order valence-corrected chi connectivity index (χ2v) is 13.0. The number of hydrogen-bond donors (Lipinski definition) is 0. The molecule has 0 bridgehead atoms. The Morgan fingerprint density at radius 2 is 0.775 bits per heavy atom. The SMILES string of the molecule is c1ccc(CCc2ccc3cc4c(cc3c2)sc2c3cc5ccc(CCc6ccccc6)cc5cc3sc42)cc1. The second kappa shape index (κ2) is 9.89. The van der Waals surface area contributed by atoms with E-state index in [2.05, 4.69) is 121 Å². The van der Waals surface area contributed by atoms with Crippen LogP contribution in [0.5, 0.6) is 0 Å². The third-order valence-electron chi connectivity index (χ3n) is 8.22. The van der Waals surface area contributed by atoms with Crippen molar-refractivity contribution in [1.82, 2.24) is 0 Å². The molecule has 0 N–H and O–H groups in total. The second-order valence-electron chi connectivity index (χ2n) is 10.9. The van der Waals surface area contributed by atoms with Gasteiger partial charge in [0.15, 0.2) is 0 Å². The minimum atomic E-state index is 1.07. The summed E-state index contributed by atoms with van der Waals surface area (Å²) in [6.45, 7) is 0. The van der Waals surface area contributed by atoms with E-state index in [1.807, 2.05) is 22.7 Å². The van der Waals surface area contributed by atoms with E-state index in [-0.39, 0.29) is 0 Å². The normalized spacial score (nSPS) is 11.9. The highest BCUT2D eigenvalue weighted by molar-refractivity contribution is 7.36. The van der Waals surface area contributed by atoms with Crippen LogP contribution in [0.1, 0.15) is 22.3 Å². The van der Waals surface area contributed by atoms with E-state index >= 15 is 0 Å². The molecule has 2 heterocycles. The van der Waals surface area contributed by atoms with Crippen molar-refractivity contribution in [3.05, 3.63) is 144 Å². The van der Waals surface area contributed by atoms with Crippen molar-refractivity contribution in [3.8, 4) is 0 Å². The zero-order valence-electron chi connectivity index (χ0n) is 22.2. The van der Waals surface area contributed by atoms with Crippen LogP contribution in [0.3, 0.4) is 0 Å². The highest BCUT2D eigenvalue weighted by atomic mass is 32.1. The van der Waals surface area contributed by atoms with Gasteiger partial charge in [-0.2, -0.15) is 0 Å². The molecule has 40 heavy (non-hydrogen) atoms. The molecule has 6 aromatic carbocycles. The van der Waals surface area contributed by atoms with Gasteiger partial charge in [0.1, 0.15) is 0 Å². The van der Waals surface area contributed by atoms with Crippen LogP contribution in [0.25, 0.3) is 51.1 Å². The van der Waals surface area contributed by atoms with Gasteiger partial charge in [-0.3, -0.25) is 0 Å². The summed E-state index contributed by atoms with van der Waals surface area (Å²) in [6.07, 6.45) is 4.31. The first kappa shape index (κ1) is 23.9. The molecule has 0 aliphatic heterocycles. The zero-order valence-corrected chi connectivity index (χ0v) is 23.8. The first-order valence-corrected chi connectivity index (χ1v) is 15.7. The molecule has 8 rings (SSSR count). The van der Waals surface area contributed by atoms with Gasteiger partial charge < -0.3 is 0 Å². The van der Waals surface area contributed by atoms with Crippen molar-refractivity contribution < 1.29 is 0 Å². The Balaban J connectivity index is 1.13. The van der Waals surface area contributed by atoms with Crippen molar-refractivity contribution in [3.63, 3.8) is 0 Å².